The molecule has 0 saturated heterocycles. The summed E-state index contributed by atoms with van der Waals surface area (Å²) >= 11 is 0. The van der Waals surface area contributed by atoms with Gasteiger partial charge in [-0.05, 0) is 25.2 Å². The molecule has 5 nitrogen and oxygen atoms in total. The summed E-state index contributed by atoms with van der Waals surface area (Å²) in [5.74, 6) is -0.518. The summed E-state index contributed by atoms with van der Waals surface area (Å²) in [5, 5.41) is 2.76. The fourth-order valence-electron chi connectivity index (χ4n) is 2.15. The van der Waals surface area contributed by atoms with Gasteiger partial charge in [-0.15, -0.1) is 0 Å². The molecule has 1 fully saturated rings. The van der Waals surface area contributed by atoms with E-state index in [2.05, 4.69) is 10.1 Å². The molecule has 2 unspecified atom stereocenters. The highest BCUT2D eigenvalue weighted by Gasteiger charge is 2.32. The minimum absolute atomic E-state index is 0.0153. The van der Waals surface area contributed by atoms with Gasteiger partial charge in [0, 0.05) is 12.0 Å². The number of hydrogen-bond donors (Lipinski definition) is 2. The van der Waals surface area contributed by atoms with Gasteiger partial charge in [0.05, 0.1) is 7.11 Å². The Kier molecular flexibility index (Phi) is 4.93. The molecule has 0 aromatic carbocycles. The Hall–Kier alpha value is -1.10. The average Bonchev–Trinajstić information content (AvgIpc) is 2.71. The topological polar surface area (TPSA) is 81.4 Å². The number of esters is 1. The van der Waals surface area contributed by atoms with Gasteiger partial charge in [-0.2, -0.15) is 0 Å². The van der Waals surface area contributed by atoms with E-state index in [1.807, 2.05) is 13.8 Å². The number of rotatable bonds is 4. The molecule has 0 spiro atoms. The molecule has 0 heterocycles. The van der Waals surface area contributed by atoms with Crippen molar-refractivity contribution in [2.24, 2.45) is 17.6 Å². The van der Waals surface area contributed by atoms with Gasteiger partial charge in [-0.3, -0.25) is 4.79 Å². The quantitative estimate of drug-likeness (QED) is 0.700. The number of hydrogen-bond acceptors (Lipinski definition) is 4. The van der Waals surface area contributed by atoms with Crippen LogP contribution in [0.4, 0.5) is 0 Å². The summed E-state index contributed by atoms with van der Waals surface area (Å²) in [4.78, 5) is 23.5. The fourth-order valence-corrected chi connectivity index (χ4v) is 2.15. The Labute approximate surface area is 102 Å². The molecule has 1 saturated carbocycles. The van der Waals surface area contributed by atoms with E-state index in [0.717, 1.165) is 12.8 Å². The number of ether oxygens (including phenoxy) is 1. The fraction of sp³-hybridized carbons (Fsp3) is 0.833. The number of nitrogens with one attached hydrogen (secondary N) is 1. The molecular weight excluding hydrogens is 220 g/mol. The molecule has 0 radical (unpaired) electrons. The van der Waals surface area contributed by atoms with E-state index in [1.54, 1.807) is 0 Å². The third-order valence-corrected chi connectivity index (χ3v) is 3.26. The molecule has 0 bridgehead atoms. The maximum absolute atomic E-state index is 12.0. The van der Waals surface area contributed by atoms with Crippen LogP contribution in [-0.2, 0) is 14.3 Å². The normalized spacial score (nSPS) is 25.7. The monoisotopic (exact) mass is 242 g/mol. The zero-order valence-electron chi connectivity index (χ0n) is 10.7. The predicted octanol–water partition coefficient (Wildman–Crippen LogP) is 0.428. The van der Waals surface area contributed by atoms with Crippen LogP contribution in [-0.4, -0.2) is 31.1 Å². The number of carbonyl (C=O) groups is 2. The van der Waals surface area contributed by atoms with Crippen molar-refractivity contribution in [1.82, 2.24) is 5.32 Å². The predicted molar refractivity (Wildman–Crippen MR) is 64.1 cm³/mol. The van der Waals surface area contributed by atoms with Gasteiger partial charge in [-0.25, -0.2) is 4.79 Å². The number of methoxy groups -OCH3 is 1. The van der Waals surface area contributed by atoms with Gasteiger partial charge in [0.2, 0.25) is 5.91 Å². The molecule has 5 heteroatoms. The highest BCUT2D eigenvalue weighted by molar-refractivity contribution is 5.86. The second kappa shape index (κ2) is 6.00. The standard InChI is InChI=1S/C12H22N2O3/c1-7(2)10(12(16)17-3)14-11(15)8-4-5-9(13)6-8/h7-10H,4-6,13H2,1-3H3,(H,14,15)/t8?,9?,10-/m0/s1. The van der Waals surface area contributed by atoms with Crippen molar-refractivity contribution in [2.75, 3.05) is 7.11 Å². The van der Waals surface area contributed by atoms with E-state index in [0.29, 0.717) is 6.42 Å². The Balaban J connectivity index is 2.55. The van der Waals surface area contributed by atoms with E-state index in [4.69, 9.17) is 5.73 Å². The van der Waals surface area contributed by atoms with Gasteiger partial charge in [-0.1, -0.05) is 13.8 Å². The van der Waals surface area contributed by atoms with Gasteiger partial charge < -0.3 is 15.8 Å². The summed E-state index contributed by atoms with van der Waals surface area (Å²) in [6, 6.07) is -0.453. The van der Waals surface area contributed by atoms with Crippen molar-refractivity contribution in [3.05, 3.63) is 0 Å². The van der Waals surface area contributed by atoms with Crippen LogP contribution in [0.5, 0.6) is 0 Å². The zero-order chi connectivity index (χ0) is 13.0. The van der Waals surface area contributed by atoms with Crippen LogP contribution >= 0.6 is 0 Å². The summed E-state index contributed by atoms with van der Waals surface area (Å²) in [6.45, 7) is 3.75. The van der Waals surface area contributed by atoms with E-state index < -0.39 is 12.0 Å². The van der Waals surface area contributed by atoms with Crippen LogP contribution in [0.2, 0.25) is 0 Å². The first-order valence-electron chi connectivity index (χ1n) is 6.09. The molecular formula is C12H22N2O3. The first-order chi connectivity index (χ1) is 7.95. The van der Waals surface area contributed by atoms with Crippen molar-refractivity contribution in [2.45, 2.75) is 45.2 Å². The van der Waals surface area contributed by atoms with Gasteiger partial charge in [0.1, 0.15) is 6.04 Å². The van der Waals surface area contributed by atoms with Gasteiger partial charge >= 0.3 is 5.97 Å². The first kappa shape index (κ1) is 14.0. The molecule has 17 heavy (non-hydrogen) atoms. The van der Waals surface area contributed by atoms with Crippen molar-refractivity contribution in [1.29, 1.82) is 0 Å². The minimum Gasteiger partial charge on any atom is -0.467 e. The van der Waals surface area contributed by atoms with Gasteiger partial charge in [0.25, 0.3) is 0 Å². The van der Waals surface area contributed by atoms with Crippen LogP contribution < -0.4 is 11.1 Å². The van der Waals surface area contributed by atoms with E-state index in [-0.39, 0.29) is 23.8 Å². The Morgan fingerprint density at radius 2 is 2.00 bits per heavy atom. The molecule has 0 aliphatic heterocycles. The Morgan fingerprint density at radius 1 is 1.35 bits per heavy atom. The van der Waals surface area contributed by atoms with Crippen molar-refractivity contribution < 1.29 is 14.3 Å². The molecule has 1 aliphatic carbocycles. The van der Waals surface area contributed by atoms with Crippen LogP contribution in [0.25, 0.3) is 0 Å². The van der Waals surface area contributed by atoms with E-state index >= 15 is 0 Å². The molecule has 0 aromatic rings. The minimum atomic E-state index is -0.565. The highest BCUT2D eigenvalue weighted by Crippen LogP contribution is 2.24. The first-order valence-corrected chi connectivity index (χ1v) is 6.09. The van der Waals surface area contributed by atoms with Gasteiger partial charge in [0.15, 0.2) is 0 Å². The third kappa shape index (κ3) is 3.70. The molecule has 1 aliphatic rings. The summed E-state index contributed by atoms with van der Waals surface area (Å²) in [6.07, 6.45) is 2.39. The smallest absolute Gasteiger partial charge is 0.328 e. The number of nitrogens with two attached hydrogens (primary N) is 1. The van der Waals surface area contributed by atoms with Crippen molar-refractivity contribution in [3.63, 3.8) is 0 Å². The summed E-state index contributed by atoms with van der Waals surface area (Å²) in [7, 11) is 1.33. The lowest BCUT2D eigenvalue weighted by Gasteiger charge is -2.21. The molecule has 3 N–H and O–H groups in total. The Bertz CT molecular complexity index is 291. The van der Waals surface area contributed by atoms with Crippen LogP contribution in [0, 0.1) is 11.8 Å². The molecule has 0 aromatic heterocycles. The largest absolute Gasteiger partial charge is 0.467 e. The van der Waals surface area contributed by atoms with Crippen LogP contribution in [0.3, 0.4) is 0 Å². The molecule has 3 atom stereocenters. The molecule has 1 rings (SSSR count). The SMILES string of the molecule is COC(=O)[C@@H](NC(=O)C1CCC(N)C1)C(C)C. The second-order valence-corrected chi connectivity index (χ2v) is 5.02. The third-order valence-electron chi connectivity index (χ3n) is 3.26. The lowest BCUT2D eigenvalue weighted by Crippen LogP contribution is -2.47. The highest BCUT2D eigenvalue weighted by atomic mass is 16.5. The lowest BCUT2D eigenvalue weighted by molar-refractivity contribution is -0.146. The van der Waals surface area contributed by atoms with Crippen LogP contribution in [0.1, 0.15) is 33.1 Å². The molecule has 1 amide bonds. The zero-order valence-corrected chi connectivity index (χ0v) is 10.7. The lowest BCUT2D eigenvalue weighted by atomic mass is 10.0. The molecule has 98 valence electrons. The Morgan fingerprint density at radius 3 is 2.41 bits per heavy atom. The van der Waals surface area contributed by atoms with Crippen molar-refractivity contribution >= 4 is 11.9 Å². The second-order valence-electron chi connectivity index (χ2n) is 5.02. The average molecular weight is 242 g/mol. The van der Waals surface area contributed by atoms with E-state index in [1.165, 1.54) is 7.11 Å². The van der Waals surface area contributed by atoms with Crippen LogP contribution in [0.15, 0.2) is 0 Å². The summed E-state index contributed by atoms with van der Waals surface area (Å²) in [5.41, 5.74) is 5.77. The number of carbonyl (C=O) groups excluding carboxylic acids is 2. The van der Waals surface area contributed by atoms with Crippen molar-refractivity contribution in [3.8, 4) is 0 Å². The number of amides is 1. The maximum atomic E-state index is 12.0. The maximum Gasteiger partial charge on any atom is 0.328 e. The summed E-state index contributed by atoms with van der Waals surface area (Å²) < 4.78 is 4.68. The van der Waals surface area contributed by atoms with E-state index in [9.17, 15) is 9.59 Å².